The van der Waals surface area contributed by atoms with Crippen molar-refractivity contribution in [2.45, 2.75) is 49.3 Å². The molecule has 0 spiro atoms. The molecule has 2 fully saturated rings. The molecule has 0 aliphatic carbocycles. The van der Waals surface area contributed by atoms with Gasteiger partial charge in [-0.25, -0.2) is 0 Å². The van der Waals surface area contributed by atoms with E-state index in [0.29, 0.717) is 6.04 Å². The molecule has 1 N–H and O–H groups in total. The van der Waals surface area contributed by atoms with E-state index in [2.05, 4.69) is 40.3 Å². The van der Waals surface area contributed by atoms with Crippen LogP contribution in [0.15, 0.2) is 29.2 Å². The lowest BCUT2D eigenvalue weighted by molar-refractivity contribution is 0.0242. The van der Waals surface area contributed by atoms with E-state index in [9.17, 15) is 5.11 Å². The van der Waals surface area contributed by atoms with E-state index in [4.69, 9.17) is 0 Å². The van der Waals surface area contributed by atoms with Gasteiger partial charge in [-0.05, 0) is 63.2 Å². The summed E-state index contributed by atoms with van der Waals surface area (Å²) in [7, 11) is 0. The van der Waals surface area contributed by atoms with E-state index < -0.39 is 0 Å². The zero-order valence-electron chi connectivity index (χ0n) is 13.6. The van der Waals surface area contributed by atoms with Gasteiger partial charge in [0, 0.05) is 24.0 Å². The number of thioether (sulfide) groups is 1. The summed E-state index contributed by atoms with van der Waals surface area (Å²) in [4.78, 5) is 6.52. The molecule has 0 radical (unpaired) electrons. The lowest BCUT2D eigenvalue weighted by Gasteiger charge is -2.41. The smallest absolute Gasteiger partial charge is 0.0667 e. The number of aliphatic hydroxyl groups is 1. The van der Waals surface area contributed by atoms with Crippen LogP contribution in [0.4, 0.5) is 0 Å². The predicted octanol–water partition coefficient (Wildman–Crippen LogP) is 2.83. The third kappa shape index (κ3) is 4.05. The van der Waals surface area contributed by atoms with Gasteiger partial charge in [0.25, 0.3) is 0 Å². The standard InChI is InChI=1S/C18H28N2OS/c1-22-18-7-3-2-5-15(18)13-19-11-8-16(9-12-19)20-10-4-6-17(21)14-20/h2-3,5,7,16-17,21H,4,6,8-14H2,1H3/t17-/m1/s1. The summed E-state index contributed by atoms with van der Waals surface area (Å²) < 4.78 is 0. The highest BCUT2D eigenvalue weighted by atomic mass is 32.2. The van der Waals surface area contributed by atoms with E-state index in [1.807, 2.05) is 11.8 Å². The van der Waals surface area contributed by atoms with Crippen LogP contribution in [0.1, 0.15) is 31.2 Å². The average Bonchev–Trinajstić information content (AvgIpc) is 2.56. The van der Waals surface area contributed by atoms with Crippen LogP contribution in [-0.2, 0) is 6.54 Å². The zero-order chi connectivity index (χ0) is 15.4. The number of hydrogen-bond donors (Lipinski definition) is 1. The number of likely N-dealkylation sites (tertiary alicyclic amines) is 2. The van der Waals surface area contributed by atoms with E-state index in [1.54, 1.807) is 0 Å². The summed E-state index contributed by atoms with van der Waals surface area (Å²) in [5.74, 6) is 0. The molecule has 3 rings (SSSR count). The van der Waals surface area contributed by atoms with Gasteiger partial charge in [0.15, 0.2) is 0 Å². The number of nitrogens with zero attached hydrogens (tertiary/aromatic N) is 2. The summed E-state index contributed by atoms with van der Waals surface area (Å²) in [6.45, 7) is 5.50. The largest absolute Gasteiger partial charge is 0.392 e. The van der Waals surface area contributed by atoms with Crippen LogP contribution in [0.25, 0.3) is 0 Å². The van der Waals surface area contributed by atoms with Crippen LogP contribution >= 0.6 is 11.8 Å². The molecule has 2 heterocycles. The van der Waals surface area contributed by atoms with E-state index in [0.717, 1.165) is 25.9 Å². The minimum Gasteiger partial charge on any atom is -0.392 e. The van der Waals surface area contributed by atoms with Crippen LogP contribution < -0.4 is 0 Å². The molecule has 122 valence electrons. The zero-order valence-corrected chi connectivity index (χ0v) is 14.4. The molecule has 2 saturated heterocycles. The summed E-state index contributed by atoms with van der Waals surface area (Å²) in [5.41, 5.74) is 1.46. The third-order valence-corrected chi connectivity index (χ3v) is 5.93. The first kappa shape index (κ1) is 16.3. The molecule has 1 atom stereocenters. The van der Waals surface area contributed by atoms with Crippen molar-refractivity contribution in [3.8, 4) is 0 Å². The topological polar surface area (TPSA) is 26.7 Å². The van der Waals surface area contributed by atoms with E-state index in [-0.39, 0.29) is 6.10 Å². The van der Waals surface area contributed by atoms with Gasteiger partial charge in [-0.1, -0.05) is 18.2 Å². The average molecular weight is 321 g/mol. The summed E-state index contributed by atoms with van der Waals surface area (Å²) in [5, 5.41) is 9.86. The molecule has 1 aromatic carbocycles. The van der Waals surface area contributed by atoms with Gasteiger partial charge in [-0.15, -0.1) is 11.8 Å². The quantitative estimate of drug-likeness (QED) is 0.863. The minimum absolute atomic E-state index is 0.0970. The van der Waals surface area contributed by atoms with Crippen LogP contribution in [0, 0.1) is 0 Å². The Labute approximate surface area is 138 Å². The fourth-order valence-electron chi connectivity index (χ4n) is 3.83. The number of piperidine rings is 2. The molecule has 0 unspecified atom stereocenters. The number of aliphatic hydroxyl groups excluding tert-OH is 1. The molecule has 0 aromatic heterocycles. The van der Waals surface area contributed by atoms with Crippen LogP contribution in [0.5, 0.6) is 0 Å². The molecular formula is C18H28N2OS. The Bertz CT molecular complexity index is 474. The van der Waals surface area contributed by atoms with E-state index >= 15 is 0 Å². The first-order valence-electron chi connectivity index (χ1n) is 8.52. The molecule has 2 aliphatic heterocycles. The van der Waals surface area contributed by atoms with Crippen molar-refractivity contribution >= 4 is 11.8 Å². The molecule has 3 nitrogen and oxygen atoms in total. The highest BCUT2D eigenvalue weighted by molar-refractivity contribution is 7.98. The SMILES string of the molecule is CSc1ccccc1CN1CCC(N2CCC[C@@H](O)C2)CC1. The number of benzene rings is 1. The van der Waals surface area contributed by atoms with Gasteiger partial charge in [-0.3, -0.25) is 9.80 Å². The molecule has 0 bridgehead atoms. The van der Waals surface area contributed by atoms with Crippen molar-refractivity contribution in [2.75, 3.05) is 32.4 Å². The Kier molecular flexibility index (Phi) is 5.80. The molecule has 0 amide bonds. The Balaban J connectivity index is 1.51. The van der Waals surface area contributed by atoms with Crippen molar-refractivity contribution < 1.29 is 5.11 Å². The summed E-state index contributed by atoms with van der Waals surface area (Å²) in [6.07, 6.45) is 6.69. The molecule has 0 saturated carbocycles. The fourth-order valence-corrected chi connectivity index (χ4v) is 4.44. The van der Waals surface area contributed by atoms with Gasteiger partial charge in [0.2, 0.25) is 0 Å². The second-order valence-corrected chi connectivity index (χ2v) is 7.46. The molecule has 22 heavy (non-hydrogen) atoms. The van der Waals surface area contributed by atoms with Crippen molar-refractivity contribution in [1.29, 1.82) is 0 Å². The molecule has 2 aliphatic rings. The maximum atomic E-state index is 9.86. The van der Waals surface area contributed by atoms with Gasteiger partial charge in [-0.2, -0.15) is 0 Å². The van der Waals surface area contributed by atoms with Gasteiger partial charge in [0.05, 0.1) is 6.10 Å². The highest BCUT2D eigenvalue weighted by Crippen LogP contribution is 2.25. The van der Waals surface area contributed by atoms with Gasteiger partial charge in [0.1, 0.15) is 0 Å². The number of β-amino-alcohol motifs (C(OH)–C–C–N with tert-alkyl or cyclic N) is 1. The Hall–Kier alpha value is -0.550. The van der Waals surface area contributed by atoms with Crippen LogP contribution in [0.3, 0.4) is 0 Å². The van der Waals surface area contributed by atoms with Crippen LogP contribution in [0.2, 0.25) is 0 Å². The summed E-state index contributed by atoms with van der Waals surface area (Å²) in [6, 6.07) is 9.45. The maximum absolute atomic E-state index is 9.86. The number of hydrogen-bond acceptors (Lipinski definition) is 4. The first-order valence-corrected chi connectivity index (χ1v) is 9.75. The van der Waals surface area contributed by atoms with Crippen molar-refractivity contribution in [3.05, 3.63) is 29.8 Å². The lowest BCUT2D eigenvalue weighted by atomic mass is 9.98. The normalized spacial score (nSPS) is 25.5. The third-order valence-electron chi connectivity index (χ3n) is 5.09. The van der Waals surface area contributed by atoms with Gasteiger partial charge < -0.3 is 5.11 Å². The second kappa shape index (κ2) is 7.82. The summed E-state index contributed by atoms with van der Waals surface area (Å²) >= 11 is 1.84. The molecule has 1 aromatic rings. The van der Waals surface area contributed by atoms with Crippen molar-refractivity contribution in [1.82, 2.24) is 9.80 Å². The monoisotopic (exact) mass is 320 g/mol. The van der Waals surface area contributed by atoms with Gasteiger partial charge >= 0.3 is 0 Å². The Morgan fingerprint density at radius 3 is 2.64 bits per heavy atom. The predicted molar refractivity (Wildman–Crippen MR) is 93.3 cm³/mol. The van der Waals surface area contributed by atoms with Crippen LogP contribution in [-0.4, -0.2) is 59.5 Å². The second-order valence-electron chi connectivity index (χ2n) is 6.61. The first-order chi connectivity index (χ1) is 10.8. The highest BCUT2D eigenvalue weighted by Gasteiger charge is 2.28. The Morgan fingerprint density at radius 1 is 1.14 bits per heavy atom. The molecular weight excluding hydrogens is 292 g/mol. The number of rotatable bonds is 4. The maximum Gasteiger partial charge on any atom is 0.0667 e. The lowest BCUT2D eigenvalue weighted by Crippen LogP contribution is -2.49. The van der Waals surface area contributed by atoms with E-state index in [1.165, 1.54) is 42.9 Å². The Morgan fingerprint density at radius 2 is 1.91 bits per heavy atom. The fraction of sp³-hybridized carbons (Fsp3) is 0.667. The van der Waals surface area contributed by atoms with Crippen molar-refractivity contribution in [2.24, 2.45) is 0 Å². The minimum atomic E-state index is -0.0970. The molecule has 4 heteroatoms. The van der Waals surface area contributed by atoms with Crippen molar-refractivity contribution in [3.63, 3.8) is 0 Å².